The number of fused-ring (bicyclic) bond motifs is 1. The van der Waals surface area contributed by atoms with E-state index >= 15 is 0 Å². The van der Waals surface area contributed by atoms with Gasteiger partial charge in [0.15, 0.2) is 4.67 Å². The van der Waals surface area contributed by atoms with Gasteiger partial charge in [-0.3, -0.25) is 4.79 Å². The molecule has 0 atom stereocenters. The molecule has 0 aliphatic rings. The van der Waals surface area contributed by atoms with Gasteiger partial charge in [-0.2, -0.15) is 0 Å². The van der Waals surface area contributed by atoms with Crippen molar-refractivity contribution in [2.45, 2.75) is 0 Å². The fourth-order valence-corrected chi connectivity index (χ4v) is 1.34. The summed E-state index contributed by atoms with van der Waals surface area (Å²) in [6.07, 6.45) is 1.62. The van der Waals surface area contributed by atoms with Crippen LogP contribution < -0.4 is 5.56 Å². The third kappa shape index (κ3) is 1.09. The fraction of sp³-hybridized carbons (Fsp3) is 0. The lowest BCUT2D eigenvalue weighted by molar-refractivity contribution is 0.587. The van der Waals surface area contributed by atoms with Gasteiger partial charge in [0.05, 0.1) is 0 Å². The van der Waals surface area contributed by atoms with Crippen molar-refractivity contribution in [2.75, 3.05) is 0 Å². The number of pyridine rings is 1. The number of hydrogen-bond donors (Lipinski definition) is 1. The van der Waals surface area contributed by atoms with Crippen LogP contribution in [0.25, 0.3) is 11.0 Å². The Labute approximate surface area is 70.2 Å². The monoisotopic (exact) mass is 213 g/mol. The zero-order valence-corrected chi connectivity index (χ0v) is 7.01. The summed E-state index contributed by atoms with van der Waals surface area (Å²) in [5, 5.41) is 0.886. The highest BCUT2D eigenvalue weighted by molar-refractivity contribution is 9.10. The summed E-state index contributed by atoms with van der Waals surface area (Å²) in [7, 11) is 0. The summed E-state index contributed by atoms with van der Waals surface area (Å²) in [6.45, 7) is 0. The molecule has 2 rings (SSSR count). The molecule has 0 radical (unpaired) electrons. The van der Waals surface area contributed by atoms with Crippen LogP contribution in [0, 0.1) is 0 Å². The molecule has 0 fully saturated rings. The minimum atomic E-state index is -0.153. The van der Waals surface area contributed by atoms with Crippen LogP contribution in [0.3, 0.4) is 0 Å². The molecule has 3 nitrogen and oxygen atoms in total. The van der Waals surface area contributed by atoms with Gasteiger partial charge in [0, 0.05) is 23.7 Å². The standard InChI is InChI=1S/C7H4BrNO2/c8-6-1-4-3-9-7(10)2-5(4)11-6/h1-3H,(H,9,10). The molecule has 0 amide bonds. The first-order valence-electron chi connectivity index (χ1n) is 3.03. The van der Waals surface area contributed by atoms with Crippen molar-refractivity contribution >= 4 is 26.9 Å². The highest BCUT2D eigenvalue weighted by Crippen LogP contribution is 2.20. The quantitative estimate of drug-likeness (QED) is 0.727. The largest absolute Gasteiger partial charge is 0.449 e. The normalized spacial score (nSPS) is 10.6. The van der Waals surface area contributed by atoms with Crippen LogP contribution in [0.4, 0.5) is 0 Å². The third-order valence-corrected chi connectivity index (χ3v) is 1.78. The SMILES string of the molecule is O=c1cc2oc(Br)cc2c[nH]1. The van der Waals surface area contributed by atoms with Crippen molar-refractivity contribution in [1.29, 1.82) is 0 Å². The van der Waals surface area contributed by atoms with Crippen molar-refractivity contribution in [3.63, 3.8) is 0 Å². The van der Waals surface area contributed by atoms with Gasteiger partial charge in [0.25, 0.3) is 5.56 Å². The Balaban J connectivity index is 2.92. The average Bonchev–Trinajstić information content (AvgIpc) is 2.27. The van der Waals surface area contributed by atoms with E-state index in [1.165, 1.54) is 6.07 Å². The molecule has 11 heavy (non-hydrogen) atoms. The molecular weight excluding hydrogens is 210 g/mol. The van der Waals surface area contributed by atoms with Crippen molar-refractivity contribution in [3.05, 3.63) is 33.4 Å². The van der Waals surface area contributed by atoms with Gasteiger partial charge in [-0.1, -0.05) is 0 Å². The summed E-state index contributed by atoms with van der Waals surface area (Å²) in [5.74, 6) is 0. The molecule has 0 bridgehead atoms. The summed E-state index contributed by atoms with van der Waals surface area (Å²) in [6, 6.07) is 3.21. The number of rotatable bonds is 0. The predicted octanol–water partition coefficient (Wildman–Crippen LogP) is 1.88. The first-order chi connectivity index (χ1) is 5.25. The summed E-state index contributed by atoms with van der Waals surface area (Å²) >= 11 is 3.17. The minimum Gasteiger partial charge on any atom is -0.449 e. The molecule has 0 aliphatic carbocycles. The topological polar surface area (TPSA) is 46.0 Å². The van der Waals surface area contributed by atoms with Gasteiger partial charge in [-0.05, 0) is 15.9 Å². The maximum absolute atomic E-state index is 10.8. The molecular formula is C7H4BrNO2. The van der Waals surface area contributed by atoms with Gasteiger partial charge in [-0.15, -0.1) is 0 Å². The fourth-order valence-electron chi connectivity index (χ4n) is 0.922. The lowest BCUT2D eigenvalue weighted by atomic mass is 10.3. The Bertz CT molecular complexity index is 443. The van der Waals surface area contributed by atoms with E-state index in [0.717, 1.165) is 5.39 Å². The van der Waals surface area contributed by atoms with E-state index in [2.05, 4.69) is 20.9 Å². The highest BCUT2D eigenvalue weighted by atomic mass is 79.9. The zero-order valence-electron chi connectivity index (χ0n) is 5.43. The summed E-state index contributed by atoms with van der Waals surface area (Å²) in [4.78, 5) is 13.3. The molecule has 0 aromatic carbocycles. The van der Waals surface area contributed by atoms with Crippen molar-refractivity contribution in [1.82, 2.24) is 4.98 Å². The second kappa shape index (κ2) is 2.23. The minimum absolute atomic E-state index is 0.153. The van der Waals surface area contributed by atoms with Gasteiger partial charge < -0.3 is 9.40 Å². The highest BCUT2D eigenvalue weighted by Gasteiger charge is 1.99. The smallest absolute Gasteiger partial charge is 0.251 e. The number of furan rings is 1. The number of halogens is 1. The molecule has 2 aromatic rings. The Hall–Kier alpha value is -1.03. The van der Waals surface area contributed by atoms with Crippen molar-refractivity contribution < 1.29 is 4.42 Å². The van der Waals surface area contributed by atoms with Crippen LogP contribution in [0.2, 0.25) is 0 Å². The van der Waals surface area contributed by atoms with E-state index < -0.39 is 0 Å². The van der Waals surface area contributed by atoms with Crippen LogP contribution in [0.1, 0.15) is 0 Å². The lowest BCUT2D eigenvalue weighted by Gasteiger charge is -1.82. The summed E-state index contributed by atoms with van der Waals surface area (Å²) in [5.41, 5.74) is 0.444. The van der Waals surface area contributed by atoms with Crippen LogP contribution in [-0.2, 0) is 0 Å². The Kier molecular flexibility index (Phi) is 1.35. The zero-order chi connectivity index (χ0) is 7.84. The Morgan fingerprint density at radius 2 is 2.27 bits per heavy atom. The van der Waals surface area contributed by atoms with Gasteiger partial charge in [0.1, 0.15) is 5.58 Å². The van der Waals surface area contributed by atoms with Crippen LogP contribution >= 0.6 is 15.9 Å². The molecule has 56 valence electrons. The van der Waals surface area contributed by atoms with Gasteiger partial charge in [-0.25, -0.2) is 0 Å². The Morgan fingerprint density at radius 3 is 3.09 bits per heavy atom. The average molecular weight is 214 g/mol. The third-order valence-electron chi connectivity index (χ3n) is 1.39. The van der Waals surface area contributed by atoms with E-state index in [9.17, 15) is 4.79 Å². The Morgan fingerprint density at radius 1 is 1.45 bits per heavy atom. The second-order valence-electron chi connectivity index (χ2n) is 2.17. The molecule has 0 saturated heterocycles. The summed E-state index contributed by atoms with van der Waals surface area (Å²) < 4.78 is 5.78. The first kappa shape index (κ1) is 6.67. The van der Waals surface area contributed by atoms with Crippen LogP contribution in [0.5, 0.6) is 0 Å². The maximum atomic E-state index is 10.8. The molecule has 1 N–H and O–H groups in total. The van der Waals surface area contributed by atoms with E-state index in [4.69, 9.17) is 4.42 Å². The predicted molar refractivity (Wildman–Crippen MR) is 44.5 cm³/mol. The molecule has 0 spiro atoms. The number of nitrogens with one attached hydrogen (secondary N) is 1. The van der Waals surface area contributed by atoms with E-state index in [1.54, 1.807) is 12.3 Å². The van der Waals surface area contributed by atoms with E-state index in [1.807, 2.05) is 0 Å². The van der Waals surface area contributed by atoms with E-state index in [-0.39, 0.29) is 5.56 Å². The van der Waals surface area contributed by atoms with Crippen LogP contribution in [0.15, 0.2) is 32.2 Å². The number of aromatic amines is 1. The molecule has 0 unspecified atom stereocenters. The maximum Gasteiger partial charge on any atom is 0.251 e. The molecule has 2 heterocycles. The number of aromatic nitrogens is 1. The van der Waals surface area contributed by atoms with Gasteiger partial charge in [0.2, 0.25) is 0 Å². The molecule has 0 saturated carbocycles. The molecule has 0 aliphatic heterocycles. The molecule has 4 heteroatoms. The molecule has 2 aromatic heterocycles. The van der Waals surface area contributed by atoms with Crippen molar-refractivity contribution in [2.24, 2.45) is 0 Å². The number of hydrogen-bond acceptors (Lipinski definition) is 2. The first-order valence-corrected chi connectivity index (χ1v) is 3.83. The van der Waals surface area contributed by atoms with Crippen molar-refractivity contribution in [3.8, 4) is 0 Å². The number of H-pyrrole nitrogens is 1. The second-order valence-corrected chi connectivity index (χ2v) is 2.95. The van der Waals surface area contributed by atoms with Gasteiger partial charge >= 0.3 is 0 Å². The lowest BCUT2D eigenvalue weighted by Crippen LogP contribution is -2.00. The van der Waals surface area contributed by atoms with Crippen LogP contribution in [-0.4, -0.2) is 4.98 Å². The van der Waals surface area contributed by atoms with E-state index in [0.29, 0.717) is 10.3 Å².